The van der Waals surface area contributed by atoms with E-state index in [0.29, 0.717) is 51.4 Å². The first-order valence-electron chi connectivity index (χ1n) is 42.4. The molecule has 650 valence electrons. The van der Waals surface area contributed by atoms with Crippen molar-refractivity contribution < 1.29 is 75.0 Å². The number of unbranched alkanes of at least 4 members (excludes halogenated alkanes) is 3. The van der Waals surface area contributed by atoms with E-state index in [1.54, 1.807) is 42.5 Å². The number of rotatable bonds is 66. The molecule has 5 unspecified atom stereocenters. The summed E-state index contributed by atoms with van der Waals surface area (Å²) in [5.41, 5.74) is 0. The smallest absolute Gasteiger partial charge is 0.303 e. The van der Waals surface area contributed by atoms with E-state index < -0.39 is 60.4 Å². The second-order valence-electron chi connectivity index (χ2n) is 26.3. The summed E-state index contributed by atoms with van der Waals surface area (Å²) in [5, 5.41) is 90.7. The van der Waals surface area contributed by atoms with Crippen molar-refractivity contribution in [3.8, 4) is 0 Å². The zero-order chi connectivity index (χ0) is 87.3. The number of hydrogen-bond donors (Lipinski definition) is 10. The summed E-state index contributed by atoms with van der Waals surface area (Å²) in [6.45, 7) is 10.6. The third-order valence-electron chi connectivity index (χ3n) is 15.2. The van der Waals surface area contributed by atoms with E-state index in [4.69, 9.17) is 25.5 Å². The van der Waals surface area contributed by atoms with Gasteiger partial charge in [-0.2, -0.15) is 0 Å². The normalized spacial score (nSPS) is 14.2. The summed E-state index contributed by atoms with van der Waals surface area (Å²) in [5.74, 6) is -3.94. The highest BCUT2D eigenvalue weighted by Gasteiger charge is 2.04. The van der Waals surface area contributed by atoms with Crippen molar-refractivity contribution in [1.29, 1.82) is 0 Å². The third kappa shape index (κ3) is 122. The van der Waals surface area contributed by atoms with Crippen LogP contribution >= 0.6 is 0 Å². The van der Waals surface area contributed by atoms with Gasteiger partial charge in [0.2, 0.25) is 0 Å². The fourth-order valence-corrected chi connectivity index (χ4v) is 8.96. The first-order valence-corrected chi connectivity index (χ1v) is 42.4. The van der Waals surface area contributed by atoms with Crippen molar-refractivity contribution in [2.24, 2.45) is 0 Å². The molecule has 0 bridgehead atoms. The Hall–Kier alpha value is -9.61. The van der Waals surface area contributed by atoms with E-state index in [-0.39, 0.29) is 38.5 Å². The van der Waals surface area contributed by atoms with E-state index in [2.05, 4.69) is 187 Å². The largest absolute Gasteiger partial charge is 0.481 e. The van der Waals surface area contributed by atoms with Crippen LogP contribution in [0, 0.1) is 0 Å². The highest BCUT2D eigenvalue weighted by Crippen LogP contribution is 2.08. The van der Waals surface area contributed by atoms with Crippen LogP contribution < -0.4 is 0 Å². The molecule has 0 fully saturated rings. The fraction of sp³-hybridized carbons (Fsp3) is 0.441. The number of hydrogen-bond acceptors (Lipinski definition) is 10. The molecule has 0 aliphatic carbocycles. The maximum Gasteiger partial charge on any atom is 0.303 e. The van der Waals surface area contributed by atoms with Crippen LogP contribution in [0.1, 0.15) is 259 Å². The number of aliphatic hydroxyl groups excluding tert-OH is 5. The van der Waals surface area contributed by atoms with Gasteiger partial charge in [-0.1, -0.05) is 351 Å². The van der Waals surface area contributed by atoms with E-state index >= 15 is 0 Å². The molecule has 0 amide bonds. The molecule has 0 aromatic carbocycles. The molecule has 5 atom stereocenters. The molecule has 0 heterocycles. The summed E-state index contributed by atoms with van der Waals surface area (Å²) in [7, 11) is 0. The first-order chi connectivity index (χ1) is 56.8. The molecule has 15 nitrogen and oxygen atoms in total. The molecule has 0 radical (unpaired) electrons. The van der Waals surface area contributed by atoms with Crippen LogP contribution in [-0.2, 0) is 24.0 Å². The van der Waals surface area contributed by atoms with Crippen LogP contribution in [0.3, 0.4) is 0 Å². The quantitative estimate of drug-likeness (QED) is 0.0154. The average molecular weight is 1620 g/mol. The zero-order valence-corrected chi connectivity index (χ0v) is 71.7. The molecule has 0 aliphatic heterocycles. The lowest BCUT2D eigenvalue weighted by Gasteiger charge is -2.02. The van der Waals surface area contributed by atoms with E-state index in [9.17, 15) is 49.5 Å². The van der Waals surface area contributed by atoms with Gasteiger partial charge in [0.05, 0.1) is 30.5 Å². The monoisotopic (exact) mass is 1620 g/mol. The molecule has 0 saturated carbocycles. The van der Waals surface area contributed by atoms with Gasteiger partial charge in [-0.05, 0) is 193 Å². The van der Waals surface area contributed by atoms with Gasteiger partial charge in [0.25, 0.3) is 0 Å². The van der Waals surface area contributed by atoms with E-state index in [1.807, 2.05) is 122 Å². The molecule has 0 aliphatic rings. The third-order valence-corrected chi connectivity index (χ3v) is 15.2. The van der Waals surface area contributed by atoms with Gasteiger partial charge in [-0.25, -0.2) is 0 Å². The Kier molecular flexibility index (Phi) is 102. The second kappa shape index (κ2) is 102. The topological polar surface area (TPSA) is 288 Å². The Morgan fingerprint density at radius 2 is 0.376 bits per heavy atom. The van der Waals surface area contributed by atoms with Gasteiger partial charge in [0.1, 0.15) is 0 Å². The maximum absolute atomic E-state index is 10.4. The minimum Gasteiger partial charge on any atom is -0.481 e. The van der Waals surface area contributed by atoms with Crippen molar-refractivity contribution in [2.75, 3.05) is 0 Å². The Morgan fingerprint density at radius 3 is 0.632 bits per heavy atom. The average Bonchev–Trinajstić information content (AvgIpc) is 1.07. The number of allylic oxidation sites excluding steroid dienone is 44. The lowest BCUT2D eigenvalue weighted by atomic mass is 10.1. The lowest BCUT2D eigenvalue weighted by Crippen LogP contribution is -2.05. The first kappa shape index (κ1) is 116. The Bertz CT molecular complexity index is 3180. The van der Waals surface area contributed by atoms with E-state index in [0.717, 1.165) is 135 Å². The predicted octanol–water partition coefficient (Wildman–Crippen LogP) is 25.4. The number of carboxylic acid groups (broad SMARTS) is 5. The van der Waals surface area contributed by atoms with Crippen molar-refractivity contribution in [2.45, 2.75) is 290 Å². The van der Waals surface area contributed by atoms with Crippen molar-refractivity contribution in [3.63, 3.8) is 0 Å². The summed E-state index contributed by atoms with van der Waals surface area (Å²) in [6, 6.07) is 0. The van der Waals surface area contributed by atoms with Gasteiger partial charge in [-0.3, -0.25) is 24.0 Å². The molecular formula is C102H152O15. The fourth-order valence-electron chi connectivity index (χ4n) is 8.96. The highest BCUT2D eigenvalue weighted by molar-refractivity contribution is 5.68. The van der Waals surface area contributed by atoms with Crippen LogP contribution in [0.25, 0.3) is 0 Å². The Morgan fingerprint density at radius 1 is 0.197 bits per heavy atom. The molecule has 10 N–H and O–H groups in total. The van der Waals surface area contributed by atoms with E-state index in [1.165, 1.54) is 0 Å². The van der Waals surface area contributed by atoms with Gasteiger partial charge in [0, 0.05) is 32.1 Å². The molecular weight excluding hydrogens is 1470 g/mol. The van der Waals surface area contributed by atoms with Crippen molar-refractivity contribution in [1.82, 2.24) is 0 Å². The second-order valence-corrected chi connectivity index (χ2v) is 26.3. The Balaban J connectivity index is -0.000000447. The number of aliphatic hydroxyl groups is 5. The van der Waals surface area contributed by atoms with Crippen LogP contribution in [-0.4, -0.2) is 111 Å². The highest BCUT2D eigenvalue weighted by atomic mass is 16.4. The van der Waals surface area contributed by atoms with Crippen LogP contribution in [0.2, 0.25) is 0 Å². The van der Waals surface area contributed by atoms with Gasteiger partial charge in [0.15, 0.2) is 0 Å². The molecule has 0 rings (SSSR count). The van der Waals surface area contributed by atoms with Crippen LogP contribution in [0.15, 0.2) is 316 Å². The van der Waals surface area contributed by atoms with Gasteiger partial charge in [-0.15, -0.1) is 0 Å². The zero-order valence-electron chi connectivity index (χ0n) is 71.7. The predicted molar refractivity (Wildman–Crippen MR) is 496 cm³/mol. The lowest BCUT2D eigenvalue weighted by molar-refractivity contribution is -0.138. The maximum atomic E-state index is 10.4. The standard InChI is InChI=1S/C22H32O3.4C20H30O3/c1-2-3-4-5-6-7-8-9-10-11-12-13-14-15-16-17-18-21(23)19-20-22(24)25;1-2-3-13-16-19(21)17-14-11-9-7-5-4-6-8-10-12-15-18-20(22)23;1-2-3-4-5-10-13-16-19(21)17-14-11-8-6-7-9-12-15-18-20(22)23;1-2-3-4-5-6-7-8-9-10-13-16-19(21)17-14-11-12-15-18-20(22)23;1-2-3-4-5-6-7-8-9-10-11-12-13-14-16-19(21)17-15-18-20(22)23/h3-4,6-7,9-10,12-13,15-18,21,23H,2,5,8,11,14,19-20H2,1H3,(H,24,25);3-5,8-11,13-14,17,19,21H,2,6-7,12,15-16,18H2,1H3,(H,22,23);3-4,7-11,13-14,17,19,21H,2,5-6,12,15-16,18H2,1H3,(H,22,23);3-4,6-7,9-11,13-14,16,19,21H,2,5,8,12,15,17-18H2,1H3,(H,22,23);3-4,6-7,9-10,12-14,16,19,21H,2,5,8,11,15,17-18H2,1H3,(H,22,23)/b4-3-,7-6-,10-9-,13-12-,16-15-,18-17+;5-4-,10-8-,11-9-,13-3-,17-14+;4-3-,9-7-,11-8-,13-10-,17-14-;4-3-,7-6-,10-9-,14-11-,16-13-;4-3-,7-6-,10-9-,13-12-,16-14+. The van der Waals surface area contributed by atoms with Crippen LogP contribution in [0.4, 0.5) is 0 Å². The van der Waals surface area contributed by atoms with Gasteiger partial charge < -0.3 is 51.1 Å². The molecule has 0 aromatic rings. The summed E-state index contributed by atoms with van der Waals surface area (Å²) >= 11 is 0. The minimum absolute atomic E-state index is 0.0167. The molecule has 0 aromatic heterocycles. The molecule has 0 saturated heterocycles. The minimum atomic E-state index is -0.887. The van der Waals surface area contributed by atoms with Crippen LogP contribution in [0.5, 0.6) is 0 Å². The van der Waals surface area contributed by atoms with Gasteiger partial charge >= 0.3 is 29.8 Å². The van der Waals surface area contributed by atoms with Crippen molar-refractivity contribution in [3.05, 3.63) is 316 Å². The summed E-state index contributed by atoms with van der Waals surface area (Å²) < 4.78 is 0. The number of carbonyl (C=O) groups is 5. The summed E-state index contributed by atoms with van der Waals surface area (Å²) in [4.78, 5) is 51.7. The molecule has 117 heavy (non-hydrogen) atoms. The number of carboxylic acids is 5. The van der Waals surface area contributed by atoms with Crippen molar-refractivity contribution >= 4 is 29.8 Å². The molecule has 0 spiro atoms. The molecule has 15 heteroatoms. The summed E-state index contributed by atoms with van der Waals surface area (Å²) in [6.07, 6.45) is 128. The SMILES string of the molecule is CC/C=C\C/C=C\C/C=C\C/C=C\C/C=C\C=C\C(O)CCC(=O)O.CC/C=C\C/C=C\C/C=C\C/C=C\C=C\C(O)CCCC(=O)O.CC/C=C\C/C=C\C/C=C\C=C/C(O)C/C=C\CCCC(=O)O.CC/C=C\C/C=C\CC(O)/C=C\C=C/C/C=C\CCCC(=O)O.CC/C=C\CC(O)/C=C/C=C\C/C=C\C/C=C\CCCC(=O)O. The Labute approximate surface area is 706 Å². The number of aliphatic carboxylic acids is 5.